The van der Waals surface area contributed by atoms with E-state index in [-0.39, 0.29) is 6.09 Å². The number of rotatable bonds is 5. The second kappa shape index (κ2) is 8.20. The largest absolute Gasteiger partial charge is 0.497 e. The predicted molar refractivity (Wildman–Crippen MR) is 91.0 cm³/mol. The number of amides is 1. The van der Waals surface area contributed by atoms with Crippen LogP contribution in [0.15, 0.2) is 24.3 Å². The summed E-state index contributed by atoms with van der Waals surface area (Å²) in [6.45, 7) is 5.98. The van der Waals surface area contributed by atoms with Gasteiger partial charge in [-0.05, 0) is 43.4 Å². The number of ether oxygens (including phenoxy) is 2. The van der Waals surface area contributed by atoms with Gasteiger partial charge in [0.1, 0.15) is 5.75 Å². The lowest BCUT2D eigenvalue weighted by Gasteiger charge is -2.34. The summed E-state index contributed by atoms with van der Waals surface area (Å²) >= 11 is 0. The molecule has 0 unspecified atom stereocenters. The van der Waals surface area contributed by atoms with Gasteiger partial charge in [0, 0.05) is 25.2 Å². The number of likely N-dealkylation sites (tertiary alicyclic amines) is 1. The van der Waals surface area contributed by atoms with Crippen molar-refractivity contribution in [3.8, 4) is 5.75 Å². The van der Waals surface area contributed by atoms with E-state index in [4.69, 9.17) is 9.47 Å². The van der Waals surface area contributed by atoms with Crippen molar-refractivity contribution < 1.29 is 14.3 Å². The molecule has 2 rings (SSSR count). The Labute approximate surface area is 139 Å². The molecule has 1 aliphatic heterocycles. The molecule has 0 saturated carbocycles. The molecule has 2 atom stereocenters. The average Bonchev–Trinajstić information content (AvgIpc) is 2.61. The van der Waals surface area contributed by atoms with Gasteiger partial charge in [-0.2, -0.15) is 0 Å². The zero-order valence-electron chi connectivity index (χ0n) is 14.5. The van der Waals surface area contributed by atoms with E-state index in [2.05, 4.69) is 31.3 Å². The van der Waals surface area contributed by atoms with Gasteiger partial charge in [-0.3, -0.25) is 0 Å². The molecule has 23 heavy (non-hydrogen) atoms. The quantitative estimate of drug-likeness (QED) is 0.906. The topological polar surface area (TPSA) is 50.8 Å². The van der Waals surface area contributed by atoms with E-state index in [9.17, 15) is 4.79 Å². The van der Waals surface area contributed by atoms with Crippen LogP contribution >= 0.6 is 0 Å². The minimum absolute atomic E-state index is 0.219. The lowest BCUT2D eigenvalue weighted by atomic mass is 9.92. The minimum Gasteiger partial charge on any atom is -0.497 e. The molecule has 1 heterocycles. The third-order valence-corrected chi connectivity index (χ3v) is 4.82. The van der Waals surface area contributed by atoms with Crippen LogP contribution in [-0.4, -0.2) is 50.4 Å². The van der Waals surface area contributed by atoms with Crippen molar-refractivity contribution in [2.75, 3.05) is 27.3 Å². The Morgan fingerprint density at radius 3 is 2.30 bits per heavy atom. The van der Waals surface area contributed by atoms with E-state index < -0.39 is 0 Å². The lowest BCUT2D eigenvalue weighted by Crippen LogP contribution is -2.48. The summed E-state index contributed by atoms with van der Waals surface area (Å²) in [4.78, 5) is 13.3. The van der Waals surface area contributed by atoms with E-state index >= 15 is 0 Å². The molecule has 1 N–H and O–H groups in total. The summed E-state index contributed by atoms with van der Waals surface area (Å²) in [5.41, 5.74) is 1.30. The highest BCUT2D eigenvalue weighted by Crippen LogP contribution is 2.23. The van der Waals surface area contributed by atoms with E-state index in [1.54, 1.807) is 12.0 Å². The Balaban J connectivity index is 1.84. The van der Waals surface area contributed by atoms with Crippen LogP contribution in [0.3, 0.4) is 0 Å². The number of nitrogens with one attached hydrogen (secondary N) is 1. The zero-order valence-corrected chi connectivity index (χ0v) is 14.5. The van der Waals surface area contributed by atoms with Crippen molar-refractivity contribution in [1.82, 2.24) is 10.2 Å². The van der Waals surface area contributed by atoms with Crippen LogP contribution in [-0.2, 0) is 4.74 Å². The highest BCUT2D eigenvalue weighted by Gasteiger charge is 2.25. The number of nitrogens with zero attached hydrogens (tertiary/aromatic N) is 1. The molecule has 0 aliphatic carbocycles. The average molecular weight is 320 g/mol. The number of piperidine rings is 1. The number of methoxy groups -OCH3 is 2. The maximum atomic E-state index is 11.5. The molecule has 5 heteroatoms. The second-order valence-corrected chi connectivity index (χ2v) is 6.25. The highest BCUT2D eigenvalue weighted by atomic mass is 16.5. The smallest absolute Gasteiger partial charge is 0.409 e. The number of carbonyl (C=O) groups excluding carboxylic acids is 1. The molecule has 1 aromatic rings. The van der Waals surface area contributed by atoms with Crippen molar-refractivity contribution in [3.63, 3.8) is 0 Å². The normalized spacial score (nSPS) is 18.3. The standard InChI is InChI=1S/C18H28N2O3/c1-13(15-5-7-17(22-3)8-6-15)14(2)19-16-9-11-20(12-10-16)18(21)23-4/h5-8,13-14,16,19H,9-12H2,1-4H3/t13-,14+/m1/s1. The monoisotopic (exact) mass is 320 g/mol. The lowest BCUT2D eigenvalue weighted by molar-refractivity contribution is 0.108. The second-order valence-electron chi connectivity index (χ2n) is 6.25. The van der Waals surface area contributed by atoms with Crippen molar-refractivity contribution in [2.45, 2.75) is 44.7 Å². The van der Waals surface area contributed by atoms with Gasteiger partial charge in [-0.15, -0.1) is 0 Å². The highest BCUT2D eigenvalue weighted by molar-refractivity contribution is 5.67. The zero-order chi connectivity index (χ0) is 16.8. The van der Waals surface area contributed by atoms with Crippen LogP contribution in [0, 0.1) is 0 Å². The molecular formula is C18H28N2O3. The number of hydrogen-bond acceptors (Lipinski definition) is 4. The molecule has 128 valence electrons. The first-order valence-electron chi connectivity index (χ1n) is 8.28. The van der Waals surface area contributed by atoms with Crippen molar-refractivity contribution in [2.24, 2.45) is 0 Å². The molecule has 5 nitrogen and oxygen atoms in total. The van der Waals surface area contributed by atoms with E-state index in [0.717, 1.165) is 31.7 Å². The van der Waals surface area contributed by atoms with Crippen molar-refractivity contribution >= 4 is 6.09 Å². The minimum atomic E-state index is -0.219. The fraction of sp³-hybridized carbons (Fsp3) is 0.611. The maximum Gasteiger partial charge on any atom is 0.409 e. The molecule has 1 aromatic carbocycles. The van der Waals surface area contributed by atoms with E-state index in [0.29, 0.717) is 18.0 Å². The molecule has 0 aromatic heterocycles. The van der Waals surface area contributed by atoms with Gasteiger partial charge in [-0.1, -0.05) is 19.1 Å². The van der Waals surface area contributed by atoms with Crippen LogP contribution in [0.4, 0.5) is 4.79 Å². The third-order valence-electron chi connectivity index (χ3n) is 4.82. The number of benzene rings is 1. The van der Waals surface area contributed by atoms with Gasteiger partial charge in [0.05, 0.1) is 14.2 Å². The van der Waals surface area contributed by atoms with Gasteiger partial charge >= 0.3 is 6.09 Å². The van der Waals surface area contributed by atoms with Gasteiger partial charge in [0.2, 0.25) is 0 Å². The Morgan fingerprint density at radius 2 is 1.78 bits per heavy atom. The first kappa shape index (κ1) is 17.6. The van der Waals surface area contributed by atoms with Gasteiger partial charge in [0.15, 0.2) is 0 Å². The van der Waals surface area contributed by atoms with E-state index in [1.807, 2.05) is 12.1 Å². The molecule has 0 radical (unpaired) electrons. The first-order chi connectivity index (χ1) is 11.0. The predicted octanol–water partition coefficient (Wildman–Crippen LogP) is 3.01. The Bertz CT molecular complexity index is 495. The number of hydrogen-bond donors (Lipinski definition) is 1. The van der Waals surface area contributed by atoms with Gasteiger partial charge in [0.25, 0.3) is 0 Å². The van der Waals surface area contributed by atoms with Gasteiger partial charge < -0.3 is 19.7 Å². The molecule has 0 spiro atoms. The Hall–Kier alpha value is -1.75. The van der Waals surface area contributed by atoms with Crippen LogP contribution in [0.5, 0.6) is 5.75 Å². The van der Waals surface area contributed by atoms with Crippen LogP contribution in [0.2, 0.25) is 0 Å². The van der Waals surface area contributed by atoms with E-state index in [1.165, 1.54) is 12.7 Å². The molecule has 1 saturated heterocycles. The Morgan fingerprint density at radius 1 is 1.17 bits per heavy atom. The summed E-state index contributed by atoms with van der Waals surface area (Å²) in [6.07, 6.45) is 1.71. The van der Waals surface area contributed by atoms with Crippen LogP contribution < -0.4 is 10.1 Å². The summed E-state index contributed by atoms with van der Waals surface area (Å²) in [5.74, 6) is 1.30. The third kappa shape index (κ3) is 4.61. The summed E-state index contributed by atoms with van der Waals surface area (Å²) < 4.78 is 9.99. The van der Waals surface area contributed by atoms with Crippen molar-refractivity contribution in [1.29, 1.82) is 0 Å². The summed E-state index contributed by atoms with van der Waals surface area (Å²) in [7, 11) is 3.12. The molecule has 1 aliphatic rings. The van der Waals surface area contributed by atoms with Gasteiger partial charge in [-0.25, -0.2) is 4.79 Å². The maximum absolute atomic E-state index is 11.5. The fourth-order valence-electron chi connectivity index (χ4n) is 3.07. The SMILES string of the molecule is COC(=O)N1CCC(N[C@@H](C)[C@@H](C)c2ccc(OC)cc2)CC1. The summed E-state index contributed by atoms with van der Waals surface area (Å²) in [6, 6.07) is 9.09. The van der Waals surface area contributed by atoms with Crippen molar-refractivity contribution in [3.05, 3.63) is 29.8 Å². The summed E-state index contributed by atoms with van der Waals surface area (Å²) in [5, 5.41) is 3.71. The molecule has 0 bridgehead atoms. The van der Waals surface area contributed by atoms with Crippen LogP contribution in [0.1, 0.15) is 38.2 Å². The Kier molecular flexibility index (Phi) is 6.28. The molecule has 1 fully saturated rings. The first-order valence-corrected chi connectivity index (χ1v) is 8.28. The molecular weight excluding hydrogens is 292 g/mol. The van der Waals surface area contributed by atoms with Crippen LogP contribution in [0.25, 0.3) is 0 Å². The molecule has 1 amide bonds. The fourth-order valence-corrected chi connectivity index (χ4v) is 3.07. The number of carbonyl (C=O) groups is 1.